The minimum Gasteiger partial charge on any atom is -0.387 e. The molecule has 0 amide bonds. The van der Waals surface area contributed by atoms with Gasteiger partial charge in [0.15, 0.2) is 0 Å². The van der Waals surface area contributed by atoms with Crippen molar-refractivity contribution in [3.05, 3.63) is 65.5 Å². The lowest BCUT2D eigenvalue weighted by molar-refractivity contribution is 0.127. The highest BCUT2D eigenvalue weighted by Gasteiger charge is 2.10. The van der Waals surface area contributed by atoms with Crippen LogP contribution < -0.4 is 0 Å². The largest absolute Gasteiger partial charge is 0.387 e. The van der Waals surface area contributed by atoms with Crippen molar-refractivity contribution in [3.63, 3.8) is 0 Å². The summed E-state index contributed by atoms with van der Waals surface area (Å²) in [5.41, 5.74) is 3.27. The number of benzene rings is 1. The zero-order chi connectivity index (χ0) is 14.4. The highest BCUT2D eigenvalue weighted by atomic mass is 16.3. The molecule has 0 spiro atoms. The third-order valence-electron chi connectivity index (χ3n) is 3.42. The topological polar surface area (TPSA) is 36.4 Å². The van der Waals surface area contributed by atoms with Crippen molar-refractivity contribution in [2.45, 2.75) is 19.4 Å². The van der Waals surface area contributed by atoms with Crippen LogP contribution in [0.15, 0.2) is 48.7 Å². The van der Waals surface area contributed by atoms with Gasteiger partial charge in [-0.3, -0.25) is 4.98 Å². The lowest BCUT2D eigenvalue weighted by atomic mass is 10.1. The van der Waals surface area contributed by atoms with Crippen LogP contribution in [-0.2, 0) is 6.42 Å². The van der Waals surface area contributed by atoms with Gasteiger partial charge in [-0.1, -0.05) is 35.9 Å². The van der Waals surface area contributed by atoms with E-state index in [0.717, 1.165) is 24.2 Å². The molecule has 20 heavy (non-hydrogen) atoms. The fraction of sp³-hybridized carbons (Fsp3) is 0.353. The van der Waals surface area contributed by atoms with E-state index < -0.39 is 6.10 Å². The fourth-order valence-corrected chi connectivity index (χ4v) is 2.13. The average Bonchev–Trinajstić information content (AvgIpc) is 2.47. The summed E-state index contributed by atoms with van der Waals surface area (Å²) in [6.45, 7) is 3.57. The molecule has 0 aliphatic rings. The van der Waals surface area contributed by atoms with E-state index >= 15 is 0 Å². The van der Waals surface area contributed by atoms with Gasteiger partial charge in [0.2, 0.25) is 0 Å². The lowest BCUT2D eigenvalue weighted by Gasteiger charge is -2.20. The van der Waals surface area contributed by atoms with E-state index in [1.807, 2.05) is 55.7 Å². The summed E-state index contributed by atoms with van der Waals surface area (Å²) in [4.78, 5) is 6.45. The molecule has 3 heteroatoms. The molecular formula is C17H22N2O. The number of nitrogens with zero attached hydrogens (tertiary/aromatic N) is 2. The predicted octanol–water partition coefficient (Wildman–Crippen LogP) is 2.60. The van der Waals surface area contributed by atoms with Gasteiger partial charge in [0.25, 0.3) is 0 Å². The molecule has 1 N–H and O–H groups in total. The van der Waals surface area contributed by atoms with Gasteiger partial charge >= 0.3 is 0 Å². The third kappa shape index (κ3) is 4.44. The Morgan fingerprint density at radius 2 is 1.90 bits per heavy atom. The molecule has 2 aromatic rings. The Hall–Kier alpha value is -1.71. The normalized spacial score (nSPS) is 12.6. The molecular weight excluding hydrogens is 248 g/mol. The number of rotatable bonds is 6. The first-order valence-corrected chi connectivity index (χ1v) is 6.98. The smallest absolute Gasteiger partial charge is 0.0916 e. The quantitative estimate of drug-likeness (QED) is 0.876. The number of aliphatic hydroxyl groups is 1. The van der Waals surface area contributed by atoms with Crippen molar-refractivity contribution in [3.8, 4) is 0 Å². The summed E-state index contributed by atoms with van der Waals surface area (Å²) in [7, 11) is 2.03. The third-order valence-corrected chi connectivity index (χ3v) is 3.42. The Morgan fingerprint density at radius 1 is 1.15 bits per heavy atom. The minimum absolute atomic E-state index is 0.440. The van der Waals surface area contributed by atoms with Crippen molar-refractivity contribution in [2.75, 3.05) is 20.1 Å². The van der Waals surface area contributed by atoms with Crippen molar-refractivity contribution < 1.29 is 5.11 Å². The van der Waals surface area contributed by atoms with Crippen LogP contribution in [0.5, 0.6) is 0 Å². The van der Waals surface area contributed by atoms with Gasteiger partial charge in [-0.05, 0) is 31.7 Å². The molecule has 3 nitrogen and oxygen atoms in total. The van der Waals surface area contributed by atoms with Crippen LogP contribution in [0.2, 0.25) is 0 Å². The van der Waals surface area contributed by atoms with E-state index in [9.17, 15) is 5.11 Å². The minimum atomic E-state index is -0.440. The fourth-order valence-electron chi connectivity index (χ4n) is 2.13. The van der Waals surface area contributed by atoms with E-state index in [-0.39, 0.29) is 0 Å². The average molecular weight is 270 g/mol. The predicted molar refractivity (Wildman–Crippen MR) is 81.6 cm³/mol. The van der Waals surface area contributed by atoms with Gasteiger partial charge < -0.3 is 10.0 Å². The van der Waals surface area contributed by atoms with Crippen LogP contribution in [0.25, 0.3) is 0 Å². The highest BCUT2D eigenvalue weighted by molar-refractivity contribution is 5.23. The monoisotopic (exact) mass is 270 g/mol. The van der Waals surface area contributed by atoms with Gasteiger partial charge in [0, 0.05) is 31.4 Å². The maximum atomic E-state index is 10.2. The number of aliphatic hydroxyl groups excluding tert-OH is 1. The molecule has 1 aromatic heterocycles. The zero-order valence-electron chi connectivity index (χ0n) is 12.2. The summed E-state index contributed by atoms with van der Waals surface area (Å²) in [6, 6.07) is 14.0. The second-order valence-corrected chi connectivity index (χ2v) is 5.26. The van der Waals surface area contributed by atoms with Crippen LogP contribution in [-0.4, -0.2) is 35.1 Å². The first-order valence-electron chi connectivity index (χ1n) is 6.98. The molecule has 0 fully saturated rings. The SMILES string of the molecule is Cc1ccc(C(O)CN(C)CCc2ccccn2)cc1. The number of hydrogen-bond acceptors (Lipinski definition) is 3. The first kappa shape index (κ1) is 14.7. The molecule has 1 heterocycles. The molecule has 0 aliphatic heterocycles. The van der Waals surface area contributed by atoms with Crippen molar-refractivity contribution >= 4 is 0 Å². The summed E-state index contributed by atoms with van der Waals surface area (Å²) in [6.07, 6.45) is 2.28. The maximum Gasteiger partial charge on any atom is 0.0916 e. The van der Waals surface area contributed by atoms with Gasteiger partial charge in [-0.2, -0.15) is 0 Å². The van der Waals surface area contributed by atoms with Crippen LogP contribution in [0.1, 0.15) is 22.9 Å². The van der Waals surface area contributed by atoms with E-state index in [1.165, 1.54) is 5.56 Å². The number of hydrogen-bond donors (Lipinski definition) is 1. The van der Waals surface area contributed by atoms with E-state index in [4.69, 9.17) is 0 Å². The Kier molecular flexibility index (Phi) is 5.27. The lowest BCUT2D eigenvalue weighted by Crippen LogP contribution is -2.27. The number of aryl methyl sites for hydroxylation is 1. The van der Waals surface area contributed by atoms with Crippen molar-refractivity contribution in [1.82, 2.24) is 9.88 Å². The molecule has 106 valence electrons. The highest BCUT2D eigenvalue weighted by Crippen LogP contribution is 2.14. The summed E-state index contributed by atoms with van der Waals surface area (Å²) < 4.78 is 0. The number of likely N-dealkylation sites (N-methyl/N-ethyl adjacent to an activating group) is 1. The molecule has 0 saturated heterocycles. The van der Waals surface area contributed by atoms with E-state index in [1.54, 1.807) is 0 Å². The van der Waals surface area contributed by atoms with E-state index in [0.29, 0.717) is 6.54 Å². The first-order chi connectivity index (χ1) is 9.65. The molecule has 0 radical (unpaired) electrons. The summed E-state index contributed by atoms with van der Waals surface area (Å²) in [5.74, 6) is 0. The molecule has 0 bridgehead atoms. The number of pyridine rings is 1. The Bertz CT molecular complexity index is 510. The Balaban J connectivity index is 1.82. The summed E-state index contributed by atoms with van der Waals surface area (Å²) >= 11 is 0. The van der Waals surface area contributed by atoms with Crippen LogP contribution in [0.4, 0.5) is 0 Å². The number of aromatic nitrogens is 1. The Morgan fingerprint density at radius 3 is 2.55 bits per heavy atom. The van der Waals surface area contributed by atoms with Crippen molar-refractivity contribution in [1.29, 1.82) is 0 Å². The maximum absolute atomic E-state index is 10.2. The zero-order valence-corrected chi connectivity index (χ0v) is 12.2. The molecule has 2 rings (SSSR count). The van der Waals surface area contributed by atoms with Gasteiger partial charge in [0.05, 0.1) is 6.10 Å². The Labute approximate surface area is 120 Å². The van der Waals surface area contributed by atoms with Gasteiger partial charge in [-0.25, -0.2) is 0 Å². The second-order valence-electron chi connectivity index (χ2n) is 5.26. The molecule has 1 unspecified atom stereocenters. The standard InChI is InChI=1S/C17H22N2O/c1-14-6-8-15(9-7-14)17(20)13-19(2)12-10-16-5-3-4-11-18-16/h3-9,11,17,20H,10,12-13H2,1-2H3. The molecule has 0 saturated carbocycles. The van der Waals surface area contributed by atoms with Crippen LogP contribution in [0.3, 0.4) is 0 Å². The van der Waals surface area contributed by atoms with Gasteiger partial charge in [-0.15, -0.1) is 0 Å². The molecule has 0 aliphatic carbocycles. The summed E-state index contributed by atoms with van der Waals surface area (Å²) in [5, 5.41) is 10.2. The van der Waals surface area contributed by atoms with E-state index in [2.05, 4.69) is 16.8 Å². The van der Waals surface area contributed by atoms with Crippen molar-refractivity contribution in [2.24, 2.45) is 0 Å². The second kappa shape index (κ2) is 7.17. The van der Waals surface area contributed by atoms with Crippen LogP contribution >= 0.6 is 0 Å². The molecule has 1 atom stereocenters. The van der Waals surface area contributed by atoms with Crippen LogP contribution in [0, 0.1) is 6.92 Å². The molecule has 1 aromatic carbocycles. The van der Waals surface area contributed by atoms with Gasteiger partial charge in [0.1, 0.15) is 0 Å².